The average molecular weight is 218 g/mol. The molecule has 4 unspecified atom stereocenters. The largest absolute Gasteiger partial charge is 0.348 e. The molecule has 2 fully saturated rings. The van der Waals surface area contributed by atoms with Gasteiger partial charge in [0.05, 0.1) is 6.04 Å². The molecule has 0 aromatic carbocycles. The van der Waals surface area contributed by atoms with E-state index in [2.05, 4.69) is 17.5 Å². The van der Waals surface area contributed by atoms with Crippen molar-refractivity contribution in [1.82, 2.24) is 5.32 Å². The molecule has 2 saturated carbocycles. The molecule has 3 nitrogen and oxygen atoms in total. The second-order valence-electron chi connectivity index (χ2n) is 5.37. The van der Waals surface area contributed by atoms with Gasteiger partial charge in [0.2, 0.25) is 5.91 Å². The van der Waals surface area contributed by atoms with E-state index < -0.39 is 0 Å². The maximum Gasteiger partial charge on any atom is 0.224 e. The number of rotatable bonds is 2. The van der Waals surface area contributed by atoms with Gasteiger partial charge in [0, 0.05) is 11.6 Å². The van der Waals surface area contributed by atoms with Crippen LogP contribution in [0.25, 0.3) is 0 Å². The molecule has 86 valence electrons. The van der Waals surface area contributed by atoms with Crippen LogP contribution in [0.15, 0.2) is 12.2 Å². The summed E-state index contributed by atoms with van der Waals surface area (Å²) in [6, 6.07) is 0.0376. The number of amides is 1. The minimum atomic E-state index is 0.0376. The summed E-state index contributed by atoms with van der Waals surface area (Å²) < 4.78 is 0. The van der Waals surface area contributed by atoms with Crippen molar-refractivity contribution in [1.29, 1.82) is 5.41 Å². The standard InChI is InChI=1S/C13H18N2O/c14-11-2-1-3-12(11)15-13(16)10-7-8-4-5-9(10)6-8/h4-5,8-10,12,14H,1-3,6-7H2,(H,15,16). The summed E-state index contributed by atoms with van der Waals surface area (Å²) in [6.07, 6.45) is 9.53. The van der Waals surface area contributed by atoms with Gasteiger partial charge in [-0.15, -0.1) is 0 Å². The molecule has 3 heteroatoms. The van der Waals surface area contributed by atoms with E-state index in [1.807, 2.05) is 0 Å². The van der Waals surface area contributed by atoms with Gasteiger partial charge >= 0.3 is 0 Å². The molecule has 4 atom stereocenters. The molecule has 0 heterocycles. The first-order valence-corrected chi connectivity index (χ1v) is 6.30. The summed E-state index contributed by atoms with van der Waals surface area (Å²) in [6.45, 7) is 0. The molecule has 0 aromatic heterocycles. The van der Waals surface area contributed by atoms with Gasteiger partial charge in [0.1, 0.15) is 0 Å². The number of carbonyl (C=O) groups is 1. The molecule has 0 spiro atoms. The fourth-order valence-corrected chi connectivity index (χ4v) is 3.37. The van der Waals surface area contributed by atoms with Gasteiger partial charge < -0.3 is 10.7 Å². The van der Waals surface area contributed by atoms with Crippen molar-refractivity contribution in [2.45, 2.75) is 38.1 Å². The zero-order valence-electron chi connectivity index (χ0n) is 9.41. The monoisotopic (exact) mass is 218 g/mol. The molecule has 3 rings (SSSR count). The van der Waals surface area contributed by atoms with E-state index in [1.165, 1.54) is 6.42 Å². The minimum Gasteiger partial charge on any atom is -0.348 e. The highest BCUT2D eigenvalue weighted by Crippen LogP contribution is 2.43. The number of nitrogens with one attached hydrogen (secondary N) is 2. The SMILES string of the molecule is N=C1CCCC1NC(=O)C1CC2C=CC1C2. The smallest absolute Gasteiger partial charge is 0.224 e. The Morgan fingerprint density at radius 3 is 2.81 bits per heavy atom. The third kappa shape index (κ3) is 1.58. The summed E-state index contributed by atoms with van der Waals surface area (Å²) >= 11 is 0. The van der Waals surface area contributed by atoms with E-state index in [9.17, 15) is 4.79 Å². The fraction of sp³-hybridized carbons (Fsp3) is 0.692. The Balaban J connectivity index is 1.61. The van der Waals surface area contributed by atoms with Gasteiger partial charge in [-0.1, -0.05) is 12.2 Å². The van der Waals surface area contributed by atoms with Gasteiger partial charge in [-0.2, -0.15) is 0 Å². The molecule has 0 aromatic rings. The van der Waals surface area contributed by atoms with Crippen molar-refractivity contribution in [3.63, 3.8) is 0 Å². The van der Waals surface area contributed by atoms with E-state index in [0.717, 1.165) is 25.7 Å². The Bertz CT molecular complexity index is 361. The van der Waals surface area contributed by atoms with Crippen LogP contribution >= 0.6 is 0 Å². The van der Waals surface area contributed by atoms with Crippen LogP contribution in [0.5, 0.6) is 0 Å². The van der Waals surface area contributed by atoms with Crippen molar-refractivity contribution < 1.29 is 4.79 Å². The van der Waals surface area contributed by atoms with Crippen LogP contribution in [-0.4, -0.2) is 17.7 Å². The number of allylic oxidation sites excluding steroid dienone is 2. The maximum absolute atomic E-state index is 12.1. The van der Waals surface area contributed by atoms with Gasteiger partial charge in [-0.25, -0.2) is 0 Å². The van der Waals surface area contributed by atoms with Crippen LogP contribution in [-0.2, 0) is 4.79 Å². The zero-order chi connectivity index (χ0) is 11.1. The van der Waals surface area contributed by atoms with Crippen LogP contribution in [0, 0.1) is 23.2 Å². The molecule has 2 bridgehead atoms. The van der Waals surface area contributed by atoms with Crippen LogP contribution in [0.1, 0.15) is 32.1 Å². The van der Waals surface area contributed by atoms with E-state index >= 15 is 0 Å². The molecule has 2 N–H and O–H groups in total. The van der Waals surface area contributed by atoms with Crippen LogP contribution in [0.3, 0.4) is 0 Å². The number of carbonyl (C=O) groups excluding carboxylic acids is 1. The normalized spacial score (nSPS) is 40.6. The van der Waals surface area contributed by atoms with E-state index in [1.54, 1.807) is 0 Å². The Labute approximate surface area is 95.8 Å². The Hall–Kier alpha value is -1.12. The third-order valence-corrected chi connectivity index (χ3v) is 4.29. The van der Waals surface area contributed by atoms with Crippen LogP contribution in [0.4, 0.5) is 0 Å². The maximum atomic E-state index is 12.1. The molecule has 0 aliphatic heterocycles. The summed E-state index contributed by atoms with van der Waals surface area (Å²) in [5, 5.41) is 10.8. The topological polar surface area (TPSA) is 53.0 Å². The van der Waals surface area contributed by atoms with Gasteiger partial charge in [0.15, 0.2) is 0 Å². The van der Waals surface area contributed by atoms with Crippen molar-refractivity contribution in [3.05, 3.63) is 12.2 Å². The highest BCUT2D eigenvalue weighted by molar-refractivity contribution is 5.93. The molecule has 0 radical (unpaired) electrons. The van der Waals surface area contributed by atoms with Crippen molar-refractivity contribution in [3.8, 4) is 0 Å². The van der Waals surface area contributed by atoms with E-state index in [0.29, 0.717) is 17.5 Å². The molecule has 16 heavy (non-hydrogen) atoms. The molecular formula is C13H18N2O. The third-order valence-electron chi connectivity index (χ3n) is 4.29. The summed E-state index contributed by atoms with van der Waals surface area (Å²) in [5.74, 6) is 1.49. The van der Waals surface area contributed by atoms with Crippen molar-refractivity contribution >= 4 is 11.6 Å². The van der Waals surface area contributed by atoms with Gasteiger partial charge in [0.25, 0.3) is 0 Å². The first-order chi connectivity index (χ1) is 7.74. The predicted octanol–water partition coefficient (Wildman–Crippen LogP) is 1.89. The quantitative estimate of drug-likeness (QED) is 0.683. The number of fused-ring (bicyclic) bond motifs is 2. The Morgan fingerprint density at radius 1 is 1.38 bits per heavy atom. The van der Waals surface area contributed by atoms with Gasteiger partial charge in [-0.05, 0) is 43.9 Å². The Morgan fingerprint density at radius 2 is 2.25 bits per heavy atom. The lowest BCUT2D eigenvalue weighted by molar-refractivity contribution is -0.126. The van der Waals surface area contributed by atoms with Crippen LogP contribution < -0.4 is 5.32 Å². The first-order valence-electron chi connectivity index (χ1n) is 6.30. The van der Waals surface area contributed by atoms with Crippen molar-refractivity contribution in [2.24, 2.45) is 17.8 Å². The lowest BCUT2D eigenvalue weighted by Gasteiger charge is -2.20. The summed E-state index contributed by atoms with van der Waals surface area (Å²) in [4.78, 5) is 12.1. The average Bonchev–Trinajstić information content (AvgIpc) is 2.95. The van der Waals surface area contributed by atoms with Gasteiger partial charge in [-0.3, -0.25) is 4.79 Å². The minimum absolute atomic E-state index is 0.0376. The highest BCUT2D eigenvalue weighted by Gasteiger charge is 2.40. The van der Waals surface area contributed by atoms with Crippen LogP contribution in [0.2, 0.25) is 0 Å². The Kier molecular flexibility index (Phi) is 2.34. The second-order valence-corrected chi connectivity index (χ2v) is 5.37. The molecule has 3 aliphatic rings. The number of hydrogen-bond donors (Lipinski definition) is 2. The summed E-state index contributed by atoms with van der Waals surface area (Å²) in [7, 11) is 0. The van der Waals surface area contributed by atoms with E-state index in [4.69, 9.17) is 5.41 Å². The second kappa shape index (κ2) is 3.72. The molecule has 0 saturated heterocycles. The lowest BCUT2D eigenvalue weighted by atomic mass is 9.92. The molecule has 1 amide bonds. The molecule has 3 aliphatic carbocycles. The predicted molar refractivity (Wildman–Crippen MR) is 62.4 cm³/mol. The number of hydrogen-bond acceptors (Lipinski definition) is 2. The van der Waals surface area contributed by atoms with Crippen molar-refractivity contribution in [2.75, 3.05) is 0 Å². The highest BCUT2D eigenvalue weighted by atomic mass is 16.2. The zero-order valence-corrected chi connectivity index (χ0v) is 9.41. The lowest BCUT2D eigenvalue weighted by Crippen LogP contribution is -2.41. The summed E-state index contributed by atoms with van der Waals surface area (Å²) in [5.41, 5.74) is 0.715. The molecular weight excluding hydrogens is 200 g/mol. The fourth-order valence-electron chi connectivity index (χ4n) is 3.37. The van der Waals surface area contributed by atoms with E-state index in [-0.39, 0.29) is 17.9 Å². The first kappa shape index (κ1) is 10.1.